The van der Waals surface area contributed by atoms with Crippen LogP contribution in [0.4, 0.5) is 4.79 Å². The Balaban J connectivity index is 1.93. The molecule has 3 rings (SSSR count). The lowest BCUT2D eigenvalue weighted by atomic mass is 9.93. The number of amides is 4. The summed E-state index contributed by atoms with van der Waals surface area (Å²) < 4.78 is 21.5. The Morgan fingerprint density at radius 2 is 1.65 bits per heavy atom. The number of carbonyl (C=O) groups is 5. The largest absolute Gasteiger partial charge is 0.496 e. The van der Waals surface area contributed by atoms with Crippen LogP contribution in [-0.4, -0.2) is 93.8 Å². The van der Waals surface area contributed by atoms with Crippen LogP contribution in [0.5, 0.6) is 11.5 Å². The van der Waals surface area contributed by atoms with Crippen molar-refractivity contribution in [1.82, 2.24) is 20.9 Å². The zero-order valence-electron chi connectivity index (χ0n) is 28.6. The van der Waals surface area contributed by atoms with E-state index in [1.54, 1.807) is 51.1 Å². The molecular weight excluding hydrogens is 622 g/mol. The van der Waals surface area contributed by atoms with Crippen LogP contribution in [0.15, 0.2) is 36.4 Å². The van der Waals surface area contributed by atoms with Crippen molar-refractivity contribution in [2.45, 2.75) is 70.2 Å². The molecule has 262 valence electrons. The van der Waals surface area contributed by atoms with E-state index in [0.717, 1.165) is 0 Å². The first kappa shape index (κ1) is 37.6. The average molecular weight is 670 g/mol. The lowest BCUT2D eigenvalue weighted by Crippen LogP contribution is -2.50. The standard InChI is InChI=1S/C34H47N5O9/c1-34(2,3)48-33(44)36-15-9-8-10-24(35)31(42)39(4)29-21-12-14-27(46-6)23(18-21)22-16-20(11-13-26(22)45-5)17-25(32(43)47-7)38-28(40)19-37-30(29)41/h11-14,16,18,24-25,29H,8-10,15,17,19,35H2,1-7H3,(H,36,44)(H,37,41)(H,38,40)/t24-,25-,29?/m0/s1. The predicted octanol–water partition coefficient (Wildman–Crippen LogP) is 2.22. The molecular formula is C34H47N5O9. The van der Waals surface area contributed by atoms with Gasteiger partial charge in [0.15, 0.2) is 0 Å². The van der Waals surface area contributed by atoms with Crippen LogP contribution in [0.25, 0.3) is 11.1 Å². The number of nitrogens with zero attached hydrogens (tertiary/aromatic N) is 1. The third-order valence-corrected chi connectivity index (χ3v) is 7.69. The Labute approximate surface area is 281 Å². The number of ether oxygens (including phenoxy) is 4. The van der Waals surface area contributed by atoms with Gasteiger partial charge in [0.25, 0.3) is 0 Å². The van der Waals surface area contributed by atoms with E-state index in [9.17, 15) is 24.0 Å². The lowest BCUT2D eigenvalue weighted by Gasteiger charge is -2.30. The molecule has 14 heteroatoms. The van der Waals surface area contributed by atoms with Crippen molar-refractivity contribution in [3.8, 4) is 22.6 Å². The molecule has 2 aromatic rings. The lowest BCUT2D eigenvalue weighted by molar-refractivity contribution is -0.145. The summed E-state index contributed by atoms with van der Waals surface area (Å²) in [7, 11) is 5.72. The summed E-state index contributed by atoms with van der Waals surface area (Å²) in [6.07, 6.45) is 0.957. The minimum absolute atomic E-state index is 0.111. The molecule has 3 atom stereocenters. The summed E-state index contributed by atoms with van der Waals surface area (Å²) in [5.41, 5.74) is 8.01. The highest BCUT2D eigenvalue weighted by molar-refractivity contribution is 5.94. The Kier molecular flexibility index (Phi) is 13.2. The fourth-order valence-electron chi connectivity index (χ4n) is 5.34. The third kappa shape index (κ3) is 10.1. The van der Waals surface area contributed by atoms with Crippen molar-refractivity contribution in [3.05, 3.63) is 47.5 Å². The molecule has 0 aliphatic carbocycles. The van der Waals surface area contributed by atoms with E-state index in [-0.39, 0.29) is 6.42 Å². The van der Waals surface area contributed by atoms with Gasteiger partial charge in [0.2, 0.25) is 17.7 Å². The van der Waals surface area contributed by atoms with Crippen molar-refractivity contribution in [2.24, 2.45) is 5.73 Å². The summed E-state index contributed by atoms with van der Waals surface area (Å²) >= 11 is 0. The second-order valence-corrected chi connectivity index (χ2v) is 12.4. The van der Waals surface area contributed by atoms with Gasteiger partial charge in [0, 0.05) is 31.1 Å². The Morgan fingerprint density at radius 3 is 2.27 bits per heavy atom. The maximum Gasteiger partial charge on any atom is 0.407 e. The van der Waals surface area contributed by atoms with Crippen molar-refractivity contribution >= 4 is 29.8 Å². The molecule has 1 aliphatic rings. The first-order valence-corrected chi connectivity index (χ1v) is 15.7. The number of carbonyl (C=O) groups excluding carboxylic acids is 5. The van der Waals surface area contributed by atoms with Gasteiger partial charge in [-0.2, -0.15) is 0 Å². The molecule has 48 heavy (non-hydrogen) atoms. The quantitative estimate of drug-likeness (QED) is 0.216. The number of rotatable bonds is 10. The molecule has 0 fully saturated rings. The molecule has 0 spiro atoms. The van der Waals surface area contributed by atoms with E-state index in [1.165, 1.54) is 33.3 Å². The van der Waals surface area contributed by atoms with Gasteiger partial charge < -0.3 is 45.5 Å². The Bertz CT molecular complexity index is 1490. The molecule has 1 heterocycles. The van der Waals surface area contributed by atoms with Gasteiger partial charge in [0.1, 0.15) is 29.2 Å². The van der Waals surface area contributed by atoms with Crippen LogP contribution in [0.1, 0.15) is 57.2 Å². The molecule has 0 saturated carbocycles. The summed E-state index contributed by atoms with van der Waals surface area (Å²) in [6, 6.07) is 7.23. The van der Waals surface area contributed by atoms with Crippen molar-refractivity contribution < 1.29 is 42.9 Å². The van der Waals surface area contributed by atoms with Crippen LogP contribution in [0.3, 0.4) is 0 Å². The molecule has 2 aromatic carbocycles. The van der Waals surface area contributed by atoms with Gasteiger partial charge in [-0.25, -0.2) is 9.59 Å². The molecule has 0 aromatic heterocycles. The summed E-state index contributed by atoms with van der Waals surface area (Å²) in [5.74, 6) is -1.44. The number of likely N-dealkylation sites (N-methyl/N-ethyl adjacent to an activating group) is 1. The van der Waals surface area contributed by atoms with Gasteiger partial charge in [-0.3, -0.25) is 14.4 Å². The number of fused-ring (bicyclic) bond motifs is 5. The number of hydrogen-bond donors (Lipinski definition) is 4. The first-order valence-electron chi connectivity index (χ1n) is 15.7. The third-order valence-electron chi connectivity index (χ3n) is 7.69. The van der Waals surface area contributed by atoms with E-state index in [0.29, 0.717) is 59.6 Å². The van der Waals surface area contributed by atoms with E-state index in [1.807, 2.05) is 6.07 Å². The number of esters is 1. The van der Waals surface area contributed by atoms with E-state index < -0.39 is 60.1 Å². The van der Waals surface area contributed by atoms with Gasteiger partial charge >= 0.3 is 12.1 Å². The van der Waals surface area contributed by atoms with E-state index in [2.05, 4.69) is 16.0 Å². The molecule has 0 saturated heterocycles. The number of nitrogens with one attached hydrogen (secondary N) is 3. The van der Waals surface area contributed by atoms with Gasteiger partial charge in [-0.05, 0) is 75.4 Å². The van der Waals surface area contributed by atoms with Crippen LogP contribution in [0, 0.1) is 0 Å². The average Bonchev–Trinajstić information content (AvgIpc) is 3.04. The van der Waals surface area contributed by atoms with Crippen molar-refractivity contribution in [2.75, 3.05) is 41.5 Å². The molecule has 14 nitrogen and oxygen atoms in total. The molecule has 4 bridgehead atoms. The zero-order valence-corrected chi connectivity index (χ0v) is 28.6. The van der Waals surface area contributed by atoms with Crippen LogP contribution in [0.2, 0.25) is 0 Å². The van der Waals surface area contributed by atoms with E-state index in [4.69, 9.17) is 24.7 Å². The molecule has 1 aliphatic heterocycles. The molecule has 5 N–H and O–H groups in total. The highest BCUT2D eigenvalue weighted by Gasteiger charge is 2.33. The van der Waals surface area contributed by atoms with Gasteiger partial charge in [0.05, 0.1) is 33.9 Å². The van der Waals surface area contributed by atoms with Crippen LogP contribution >= 0.6 is 0 Å². The number of hydrogen-bond acceptors (Lipinski definition) is 10. The fraction of sp³-hybridized carbons (Fsp3) is 0.500. The molecule has 1 unspecified atom stereocenters. The van der Waals surface area contributed by atoms with Gasteiger partial charge in [-0.1, -0.05) is 12.1 Å². The Hall–Kier alpha value is -4.85. The number of nitrogens with two attached hydrogens (primary N) is 1. The number of alkyl carbamates (subject to hydrolysis) is 1. The topological polar surface area (TPSA) is 188 Å². The van der Waals surface area contributed by atoms with Crippen LogP contribution < -0.4 is 31.2 Å². The second-order valence-electron chi connectivity index (χ2n) is 12.4. The number of benzene rings is 2. The minimum Gasteiger partial charge on any atom is -0.496 e. The maximum absolute atomic E-state index is 13.8. The van der Waals surface area contributed by atoms with Crippen molar-refractivity contribution in [3.63, 3.8) is 0 Å². The SMILES string of the molecule is COC(=O)[C@@H]1Cc2ccc(OC)c(c2)-c2cc(ccc2OC)C(N(C)C(=O)[C@@H](N)CCCCNC(=O)OC(C)(C)C)C(=O)NCC(=O)N1. The summed E-state index contributed by atoms with van der Waals surface area (Å²) in [4.78, 5) is 66.0. The zero-order chi connectivity index (χ0) is 35.6. The second kappa shape index (κ2) is 16.8. The van der Waals surface area contributed by atoms with Crippen LogP contribution in [-0.2, 0) is 35.1 Å². The monoisotopic (exact) mass is 669 g/mol. The van der Waals surface area contributed by atoms with Crippen molar-refractivity contribution in [1.29, 1.82) is 0 Å². The minimum atomic E-state index is -1.19. The summed E-state index contributed by atoms with van der Waals surface area (Å²) in [5, 5.41) is 7.90. The maximum atomic E-state index is 13.8. The highest BCUT2D eigenvalue weighted by Crippen LogP contribution is 2.39. The highest BCUT2D eigenvalue weighted by atomic mass is 16.6. The fourth-order valence-corrected chi connectivity index (χ4v) is 5.34. The normalized spacial score (nSPS) is 17.1. The smallest absolute Gasteiger partial charge is 0.407 e. The Morgan fingerprint density at radius 1 is 1.00 bits per heavy atom. The van der Waals surface area contributed by atoms with Gasteiger partial charge in [-0.15, -0.1) is 0 Å². The molecule has 4 amide bonds. The summed E-state index contributed by atoms with van der Waals surface area (Å²) in [6.45, 7) is 5.20. The predicted molar refractivity (Wildman–Crippen MR) is 177 cm³/mol. The number of methoxy groups -OCH3 is 3. The molecule has 0 radical (unpaired) electrons. The first-order chi connectivity index (χ1) is 22.7. The van der Waals surface area contributed by atoms with E-state index >= 15 is 0 Å². The number of unbranched alkanes of at least 4 members (excludes halogenated alkanes) is 1.